The quantitative estimate of drug-likeness (QED) is 0.301. The molecule has 0 bridgehead atoms. The van der Waals surface area contributed by atoms with E-state index in [9.17, 15) is 4.79 Å². The maximum absolute atomic E-state index is 12.9. The van der Waals surface area contributed by atoms with E-state index in [4.69, 9.17) is 9.72 Å². The molecule has 1 aliphatic heterocycles. The highest BCUT2D eigenvalue weighted by molar-refractivity contribution is 9.10. The van der Waals surface area contributed by atoms with Crippen molar-refractivity contribution in [3.63, 3.8) is 0 Å². The first-order valence-corrected chi connectivity index (χ1v) is 13.5. The Morgan fingerprint density at radius 1 is 1.03 bits per heavy atom. The number of carbonyl (C=O) groups excluding carboxylic acids is 1. The number of carbonyl (C=O) groups is 1. The Morgan fingerprint density at radius 3 is 2.39 bits per heavy atom. The predicted molar refractivity (Wildman–Crippen MR) is 149 cm³/mol. The average molecular weight is 564 g/mol. The summed E-state index contributed by atoms with van der Waals surface area (Å²) in [7, 11) is 1.67. The molecule has 1 saturated heterocycles. The number of halogens is 1. The van der Waals surface area contributed by atoms with Gasteiger partial charge in [0, 0.05) is 52.8 Å². The lowest BCUT2D eigenvalue weighted by Gasteiger charge is -2.27. The monoisotopic (exact) mass is 562 g/mol. The Balaban J connectivity index is 1.40. The summed E-state index contributed by atoms with van der Waals surface area (Å²) in [5, 5.41) is 6.28. The van der Waals surface area contributed by atoms with E-state index in [0.717, 1.165) is 69.6 Å². The second-order valence-electron chi connectivity index (χ2n) is 8.55. The zero-order chi connectivity index (χ0) is 24.9. The normalized spacial score (nSPS) is 13.4. The van der Waals surface area contributed by atoms with Crippen molar-refractivity contribution in [2.75, 3.05) is 38.2 Å². The van der Waals surface area contributed by atoms with Crippen molar-refractivity contribution in [1.82, 2.24) is 15.2 Å². The summed E-state index contributed by atoms with van der Waals surface area (Å²) >= 11 is 5.11. The van der Waals surface area contributed by atoms with Crippen molar-refractivity contribution in [3.8, 4) is 17.0 Å². The van der Waals surface area contributed by atoms with E-state index >= 15 is 0 Å². The fourth-order valence-corrected chi connectivity index (χ4v) is 5.28. The first-order valence-electron chi connectivity index (χ1n) is 11.8. The standard InChI is InChI=1S/C28H27BrN4O2S/c1-35-25-12-10-24(11-13-25)33(28-31-26(19-36-28)21-6-8-23(29)9-7-21)18-20-2-4-22(5-3-20)27(34)32-16-14-30-15-17-32/h2-13,19,30H,14-18H2,1H3. The highest BCUT2D eigenvalue weighted by Gasteiger charge is 2.19. The minimum atomic E-state index is 0.0918. The minimum absolute atomic E-state index is 0.0918. The lowest BCUT2D eigenvalue weighted by atomic mass is 10.1. The Hall–Kier alpha value is -3.20. The Bertz CT molecular complexity index is 1300. The van der Waals surface area contributed by atoms with Gasteiger partial charge in [0.2, 0.25) is 0 Å². The number of nitrogens with zero attached hydrogens (tertiary/aromatic N) is 3. The number of hydrogen-bond donors (Lipinski definition) is 1. The van der Waals surface area contributed by atoms with Crippen molar-refractivity contribution >= 4 is 44.0 Å². The van der Waals surface area contributed by atoms with Crippen molar-refractivity contribution in [2.24, 2.45) is 0 Å². The Labute approximate surface area is 223 Å². The largest absolute Gasteiger partial charge is 0.497 e. The molecule has 0 unspecified atom stereocenters. The topological polar surface area (TPSA) is 57.7 Å². The van der Waals surface area contributed by atoms with E-state index < -0.39 is 0 Å². The molecular weight excluding hydrogens is 536 g/mol. The summed E-state index contributed by atoms with van der Waals surface area (Å²) in [4.78, 5) is 21.9. The average Bonchev–Trinajstić information content (AvgIpc) is 3.43. The lowest BCUT2D eigenvalue weighted by Crippen LogP contribution is -2.46. The highest BCUT2D eigenvalue weighted by atomic mass is 79.9. The summed E-state index contributed by atoms with van der Waals surface area (Å²) in [6.45, 7) is 3.81. The zero-order valence-corrected chi connectivity index (χ0v) is 22.4. The van der Waals surface area contributed by atoms with Gasteiger partial charge in [-0.25, -0.2) is 4.98 Å². The van der Waals surface area contributed by atoms with E-state index in [2.05, 4.69) is 43.7 Å². The Kier molecular flexibility index (Phi) is 7.65. The van der Waals surface area contributed by atoms with Gasteiger partial charge in [-0.2, -0.15) is 0 Å². The molecule has 184 valence electrons. The van der Waals surface area contributed by atoms with E-state index in [0.29, 0.717) is 6.54 Å². The maximum Gasteiger partial charge on any atom is 0.253 e. The molecule has 0 atom stereocenters. The van der Waals surface area contributed by atoms with E-state index in [1.54, 1.807) is 18.4 Å². The van der Waals surface area contributed by atoms with Gasteiger partial charge in [0.1, 0.15) is 5.75 Å². The third-order valence-electron chi connectivity index (χ3n) is 6.19. The van der Waals surface area contributed by atoms with Gasteiger partial charge in [0.15, 0.2) is 5.13 Å². The number of rotatable bonds is 7. The van der Waals surface area contributed by atoms with Crippen LogP contribution in [0.2, 0.25) is 0 Å². The zero-order valence-electron chi connectivity index (χ0n) is 20.0. The van der Waals surface area contributed by atoms with Gasteiger partial charge in [-0.05, 0) is 54.1 Å². The first kappa shape index (κ1) is 24.5. The molecule has 36 heavy (non-hydrogen) atoms. The number of piperazine rings is 1. The van der Waals surface area contributed by atoms with Crippen molar-refractivity contribution < 1.29 is 9.53 Å². The third kappa shape index (κ3) is 5.61. The second kappa shape index (κ2) is 11.2. The summed E-state index contributed by atoms with van der Waals surface area (Å²) in [6, 6.07) is 24.1. The van der Waals surface area contributed by atoms with Crippen molar-refractivity contribution in [3.05, 3.63) is 93.8 Å². The SMILES string of the molecule is COc1ccc(N(Cc2ccc(C(=O)N3CCNCC3)cc2)c2nc(-c3ccc(Br)cc3)cs2)cc1. The molecule has 3 aromatic carbocycles. The summed E-state index contributed by atoms with van der Waals surface area (Å²) < 4.78 is 6.40. The predicted octanol–water partition coefficient (Wildman–Crippen LogP) is 5.96. The van der Waals surface area contributed by atoms with Crippen LogP contribution >= 0.6 is 27.3 Å². The molecule has 1 aromatic heterocycles. The first-order chi connectivity index (χ1) is 17.6. The molecule has 6 nitrogen and oxygen atoms in total. The van der Waals surface area contributed by atoms with E-state index in [-0.39, 0.29) is 5.91 Å². The van der Waals surface area contributed by atoms with Crippen molar-refractivity contribution in [1.29, 1.82) is 0 Å². The van der Waals surface area contributed by atoms with Crippen LogP contribution in [0.25, 0.3) is 11.3 Å². The molecule has 0 saturated carbocycles. The summed E-state index contributed by atoms with van der Waals surface area (Å²) in [6.07, 6.45) is 0. The number of nitrogens with one attached hydrogen (secondary N) is 1. The van der Waals surface area contributed by atoms with Gasteiger partial charge in [-0.15, -0.1) is 11.3 Å². The van der Waals surface area contributed by atoms with Crippen LogP contribution in [-0.4, -0.2) is 49.1 Å². The molecule has 2 heterocycles. The van der Waals surface area contributed by atoms with E-state index in [1.165, 1.54) is 0 Å². The molecule has 4 aromatic rings. The minimum Gasteiger partial charge on any atom is -0.497 e. The number of aromatic nitrogens is 1. The van der Waals surface area contributed by atoms with Gasteiger partial charge in [0.25, 0.3) is 5.91 Å². The smallest absolute Gasteiger partial charge is 0.253 e. The van der Waals surface area contributed by atoms with Gasteiger partial charge in [-0.3, -0.25) is 4.79 Å². The molecule has 0 aliphatic carbocycles. The van der Waals surface area contributed by atoms with Gasteiger partial charge in [0.05, 0.1) is 19.3 Å². The van der Waals surface area contributed by atoms with Gasteiger partial charge in [-0.1, -0.05) is 40.2 Å². The molecule has 1 fully saturated rings. The maximum atomic E-state index is 12.9. The van der Waals surface area contributed by atoms with Crippen LogP contribution in [0.5, 0.6) is 5.75 Å². The summed E-state index contributed by atoms with van der Waals surface area (Å²) in [5.74, 6) is 0.901. The number of benzene rings is 3. The fourth-order valence-electron chi connectivity index (χ4n) is 4.16. The number of ether oxygens (including phenoxy) is 1. The number of amides is 1. The molecule has 8 heteroatoms. The summed E-state index contributed by atoms with van der Waals surface area (Å²) in [5.41, 5.74) is 4.86. The number of hydrogen-bond acceptors (Lipinski definition) is 6. The van der Waals surface area contributed by atoms with Gasteiger partial charge >= 0.3 is 0 Å². The second-order valence-corrected chi connectivity index (χ2v) is 10.3. The van der Waals surface area contributed by atoms with Crippen LogP contribution in [0.15, 0.2) is 82.6 Å². The van der Waals surface area contributed by atoms with Crippen LogP contribution in [0.1, 0.15) is 15.9 Å². The van der Waals surface area contributed by atoms with Gasteiger partial charge < -0.3 is 19.9 Å². The lowest BCUT2D eigenvalue weighted by molar-refractivity contribution is 0.0736. The molecule has 1 amide bonds. The van der Waals surface area contributed by atoms with Crippen molar-refractivity contribution in [2.45, 2.75) is 6.54 Å². The number of anilines is 2. The van der Waals surface area contributed by atoms with Crippen LogP contribution in [0.3, 0.4) is 0 Å². The molecule has 1 N–H and O–H groups in total. The fraction of sp³-hybridized carbons (Fsp3) is 0.214. The van der Waals surface area contributed by atoms with Crippen LogP contribution < -0.4 is 15.0 Å². The molecular formula is C28H27BrN4O2S. The van der Waals surface area contributed by atoms with Crippen LogP contribution in [0.4, 0.5) is 10.8 Å². The molecule has 0 spiro atoms. The van der Waals surface area contributed by atoms with E-state index in [1.807, 2.05) is 65.6 Å². The molecule has 0 radical (unpaired) electrons. The Morgan fingerprint density at radius 2 is 1.72 bits per heavy atom. The highest BCUT2D eigenvalue weighted by Crippen LogP contribution is 2.34. The third-order valence-corrected chi connectivity index (χ3v) is 7.59. The molecule has 5 rings (SSSR count). The van der Waals surface area contributed by atoms with Crippen LogP contribution in [0, 0.1) is 0 Å². The number of methoxy groups -OCH3 is 1. The number of thiazole rings is 1. The van der Waals surface area contributed by atoms with Crippen LogP contribution in [-0.2, 0) is 6.54 Å². The molecule has 1 aliphatic rings.